The molecule has 0 aromatic carbocycles. The third kappa shape index (κ3) is 1.92. The molecule has 1 aliphatic heterocycles. The van der Waals surface area contributed by atoms with Crippen molar-refractivity contribution in [2.75, 3.05) is 0 Å². The Morgan fingerprint density at radius 3 is 1.56 bits per heavy atom. The minimum Gasteiger partial charge on any atom is -0.0760 e. The molecule has 1 saturated heterocycles. The van der Waals surface area contributed by atoms with Crippen molar-refractivity contribution in [3.8, 4) is 0 Å². The molecule has 0 N–H and O–H groups in total. The van der Waals surface area contributed by atoms with E-state index in [0.29, 0.717) is 0 Å². The Balaban J connectivity index is 1.83. The third-order valence-corrected chi connectivity index (χ3v) is 33.6. The van der Waals surface area contributed by atoms with Crippen molar-refractivity contribution in [1.29, 1.82) is 0 Å². The van der Waals surface area contributed by atoms with Gasteiger partial charge in [0.05, 0.1) is 8.88 Å². The lowest BCUT2D eigenvalue weighted by Crippen LogP contribution is -1.86. The zero-order valence-electron chi connectivity index (χ0n) is 8.15. The summed E-state index contributed by atoms with van der Waals surface area (Å²) in [7, 11) is 0. The van der Waals surface area contributed by atoms with Crippen molar-refractivity contribution in [2.45, 2.75) is 0 Å². The lowest BCUT2D eigenvalue weighted by molar-refractivity contribution is 1.86. The summed E-state index contributed by atoms with van der Waals surface area (Å²) >= 11 is 15.4. The smallest absolute Gasteiger partial charge is 0.0760 e. The van der Waals surface area contributed by atoms with Gasteiger partial charge in [0.25, 0.3) is 0 Å². The van der Waals surface area contributed by atoms with Crippen molar-refractivity contribution in [1.82, 2.24) is 0 Å². The highest BCUT2D eigenvalue weighted by Crippen LogP contribution is 3.09. The molecular formula is C10H8P2S4. The first-order valence-electron chi connectivity index (χ1n) is 4.70. The van der Waals surface area contributed by atoms with E-state index < -0.39 is 8.88 Å². The van der Waals surface area contributed by atoms with E-state index in [9.17, 15) is 0 Å². The summed E-state index contributed by atoms with van der Waals surface area (Å²) in [6.45, 7) is 0. The molecule has 2 radical (unpaired) electrons. The minimum atomic E-state index is -1.45. The van der Waals surface area contributed by atoms with E-state index in [1.165, 1.54) is 10.6 Å². The predicted molar refractivity (Wildman–Crippen MR) is 86.8 cm³/mol. The van der Waals surface area contributed by atoms with E-state index in [2.05, 4.69) is 49.3 Å². The lowest BCUT2D eigenvalue weighted by Gasteiger charge is -2.40. The normalized spacial score (nSPS) is 40.8. The zero-order chi connectivity index (χ0) is 11.2. The predicted octanol–water partition coefficient (Wildman–Crippen LogP) is 5.40. The van der Waals surface area contributed by atoms with Crippen LogP contribution in [0.5, 0.6) is 0 Å². The Morgan fingerprint density at radius 2 is 1.25 bits per heavy atom. The van der Waals surface area contributed by atoms with E-state index in [1.807, 2.05) is 22.0 Å². The molecule has 0 amide bonds. The summed E-state index contributed by atoms with van der Waals surface area (Å²) in [5.74, 6) is 0. The molecule has 1 fully saturated rings. The molecule has 6 heteroatoms. The Hall–Kier alpha value is 0.960. The molecule has 0 aromatic rings. The Kier molecular flexibility index (Phi) is 3.20. The topological polar surface area (TPSA) is 0 Å². The summed E-state index contributed by atoms with van der Waals surface area (Å²) in [6, 6.07) is 0. The van der Waals surface area contributed by atoms with Gasteiger partial charge >= 0.3 is 0 Å². The minimum absolute atomic E-state index is 1.32. The SMILES string of the molecule is S=P1(C2=C[CH]C=C2)SP(=S)(C2=C[CH]C=C2)S1. The highest BCUT2D eigenvalue weighted by Gasteiger charge is 2.47. The standard InChI is InChI=1S/C10H8P2S4/c13-11(9-5-1-2-6-9)15-12(14,16-11)10-7-3-4-8-10/h1-8H. The summed E-state index contributed by atoms with van der Waals surface area (Å²) in [5.41, 5.74) is 0. The van der Waals surface area contributed by atoms with Crippen LogP contribution in [0.15, 0.2) is 47.1 Å². The van der Waals surface area contributed by atoms with E-state index in [0.717, 1.165) is 0 Å². The van der Waals surface area contributed by atoms with Gasteiger partial charge in [0, 0.05) is 23.5 Å². The Labute approximate surface area is 114 Å². The summed E-state index contributed by atoms with van der Waals surface area (Å²) in [4.78, 5) is 0. The van der Waals surface area contributed by atoms with Crippen molar-refractivity contribution in [3.63, 3.8) is 0 Å². The molecule has 16 heavy (non-hydrogen) atoms. The number of hydrogen-bond acceptors (Lipinski definition) is 4. The van der Waals surface area contributed by atoms with Crippen LogP contribution in [0.2, 0.25) is 0 Å². The molecule has 3 rings (SSSR count). The second kappa shape index (κ2) is 4.26. The fraction of sp³-hybridized carbons (Fsp3) is 0. The molecule has 0 saturated carbocycles. The molecule has 82 valence electrons. The first kappa shape index (κ1) is 12.0. The van der Waals surface area contributed by atoms with Gasteiger partial charge in [-0.2, -0.15) is 0 Å². The van der Waals surface area contributed by atoms with Gasteiger partial charge in [-0.15, -0.1) is 0 Å². The second-order valence-electron chi connectivity index (χ2n) is 3.44. The maximum atomic E-state index is 5.77. The van der Waals surface area contributed by atoms with Gasteiger partial charge in [0.1, 0.15) is 0 Å². The van der Waals surface area contributed by atoms with Crippen LogP contribution in [0, 0.1) is 12.8 Å². The number of rotatable bonds is 2. The van der Waals surface area contributed by atoms with Gasteiger partial charge in [-0.3, -0.25) is 0 Å². The average Bonchev–Trinajstić information content (AvgIpc) is 2.89. The first-order valence-corrected chi connectivity index (χ1v) is 14.4. The fourth-order valence-electron chi connectivity index (χ4n) is 1.57. The first-order chi connectivity index (χ1) is 7.62. The molecule has 0 atom stereocenters. The van der Waals surface area contributed by atoms with Gasteiger partial charge < -0.3 is 0 Å². The van der Waals surface area contributed by atoms with Gasteiger partial charge in [-0.25, -0.2) is 0 Å². The number of allylic oxidation sites excluding steroid dienone is 8. The van der Waals surface area contributed by atoms with Crippen molar-refractivity contribution in [2.24, 2.45) is 0 Å². The van der Waals surface area contributed by atoms with E-state index >= 15 is 0 Å². The summed E-state index contributed by atoms with van der Waals surface area (Å²) in [6.07, 6.45) is 16.8. The second-order valence-corrected chi connectivity index (χ2v) is 24.7. The van der Waals surface area contributed by atoms with Crippen LogP contribution in [-0.2, 0) is 23.6 Å². The van der Waals surface area contributed by atoms with Crippen molar-refractivity contribution < 1.29 is 0 Å². The molecule has 0 bridgehead atoms. The van der Waals surface area contributed by atoms with Crippen molar-refractivity contribution in [3.05, 3.63) is 59.9 Å². The van der Waals surface area contributed by atoms with Crippen LogP contribution >= 0.6 is 30.9 Å². The molecule has 1 heterocycles. The average molecular weight is 318 g/mol. The maximum absolute atomic E-state index is 5.77. The molecule has 0 nitrogen and oxygen atoms in total. The Morgan fingerprint density at radius 1 is 0.812 bits per heavy atom. The number of hydrogen-bond donors (Lipinski definition) is 0. The zero-order valence-corrected chi connectivity index (χ0v) is 13.2. The fourth-order valence-corrected chi connectivity index (χ4v) is 43.9. The van der Waals surface area contributed by atoms with Crippen LogP contribution in [0.3, 0.4) is 0 Å². The van der Waals surface area contributed by atoms with Crippen LogP contribution in [-0.4, -0.2) is 0 Å². The Bertz CT molecular complexity index is 491. The van der Waals surface area contributed by atoms with Gasteiger partial charge in [-0.1, -0.05) is 82.1 Å². The lowest BCUT2D eigenvalue weighted by atomic mass is 10.5. The highest BCUT2D eigenvalue weighted by molar-refractivity contribution is 9.47. The summed E-state index contributed by atoms with van der Waals surface area (Å²) < 4.78 is -2.90. The monoisotopic (exact) mass is 318 g/mol. The summed E-state index contributed by atoms with van der Waals surface area (Å²) in [5, 5.41) is 2.65. The molecule has 2 aliphatic carbocycles. The van der Waals surface area contributed by atoms with Gasteiger partial charge in [-0.05, 0) is 0 Å². The molecule has 0 aromatic heterocycles. The van der Waals surface area contributed by atoms with Crippen LogP contribution < -0.4 is 0 Å². The van der Waals surface area contributed by atoms with E-state index in [-0.39, 0.29) is 0 Å². The van der Waals surface area contributed by atoms with Crippen LogP contribution in [0.25, 0.3) is 0 Å². The highest BCUT2D eigenvalue weighted by atomic mass is 33.7. The van der Waals surface area contributed by atoms with Gasteiger partial charge in [0.15, 0.2) is 0 Å². The largest absolute Gasteiger partial charge is 0.0962 e. The van der Waals surface area contributed by atoms with Crippen LogP contribution in [0.4, 0.5) is 0 Å². The third-order valence-electron chi connectivity index (χ3n) is 2.35. The van der Waals surface area contributed by atoms with E-state index in [1.54, 1.807) is 0 Å². The quantitative estimate of drug-likeness (QED) is 0.625. The molecule has 0 unspecified atom stereocenters. The van der Waals surface area contributed by atoms with Crippen molar-refractivity contribution >= 4 is 54.5 Å². The molecule has 0 spiro atoms. The maximum Gasteiger partial charge on any atom is 0.0962 e. The van der Waals surface area contributed by atoms with Gasteiger partial charge in [0.2, 0.25) is 0 Å². The molecular weight excluding hydrogens is 310 g/mol. The van der Waals surface area contributed by atoms with Crippen LogP contribution in [0.1, 0.15) is 0 Å². The molecule has 3 aliphatic rings. The van der Waals surface area contributed by atoms with E-state index in [4.69, 9.17) is 23.6 Å².